The van der Waals surface area contributed by atoms with Crippen LogP contribution in [0.3, 0.4) is 0 Å². The maximum atomic E-state index is 6.06. The Hall–Kier alpha value is -2.19. The summed E-state index contributed by atoms with van der Waals surface area (Å²) in [6.07, 6.45) is 3.29. The van der Waals surface area contributed by atoms with Gasteiger partial charge in [0.25, 0.3) is 5.95 Å². The second kappa shape index (κ2) is 5.66. The molecular weight excluding hydrogens is 360 g/mol. The highest BCUT2D eigenvalue weighted by Crippen LogP contribution is 2.30. The van der Waals surface area contributed by atoms with Crippen molar-refractivity contribution in [2.75, 3.05) is 5.73 Å². The van der Waals surface area contributed by atoms with Gasteiger partial charge in [0.05, 0.1) is 5.02 Å². The van der Waals surface area contributed by atoms with Crippen molar-refractivity contribution in [3.8, 4) is 17.7 Å². The van der Waals surface area contributed by atoms with Crippen LogP contribution < -0.4 is 10.5 Å². The van der Waals surface area contributed by atoms with Gasteiger partial charge in [0.15, 0.2) is 5.75 Å². The van der Waals surface area contributed by atoms with Crippen molar-refractivity contribution in [3.05, 3.63) is 46.2 Å². The highest BCUT2D eigenvalue weighted by atomic mass is 79.9. The topological polar surface area (TPSA) is 91.7 Å². The van der Waals surface area contributed by atoms with Crippen LogP contribution in [0, 0.1) is 0 Å². The van der Waals surface area contributed by atoms with E-state index in [2.05, 4.69) is 36.0 Å². The monoisotopic (exact) mass is 366 g/mol. The molecule has 0 atom stereocenters. The van der Waals surface area contributed by atoms with Gasteiger partial charge in [-0.2, -0.15) is 20.1 Å². The van der Waals surface area contributed by atoms with Crippen LogP contribution in [0.25, 0.3) is 5.95 Å². The highest BCUT2D eigenvalue weighted by Gasteiger charge is 2.11. The Kier molecular flexibility index (Phi) is 3.72. The van der Waals surface area contributed by atoms with Crippen LogP contribution in [0.15, 0.2) is 41.1 Å². The van der Waals surface area contributed by atoms with E-state index < -0.39 is 0 Å². The molecule has 2 N–H and O–H groups in total. The molecule has 0 radical (unpaired) electrons. The summed E-state index contributed by atoms with van der Waals surface area (Å²) in [5.74, 6) is 0.688. The number of hydrogen-bond donors (Lipinski definition) is 1. The molecule has 0 unspecified atom stereocenters. The number of nitrogens with two attached hydrogens (primary N) is 1. The van der Waals surface area contributed by atoms with E-state index in [1.807, 2.05) is 0 Å². The average Bonchev–Trinajstić information content (AvgIpc) is 2.96. The number of hydrogen-bond acceptors (Lipinski definition) is 6. The zero-order chi connectivity index (χ0) is 14.8. The first-order chi connectivity index (χ1) is 10.1. The number of ether oxygens (including phenoxy) is 1. The molecule has 1 aromatic carbocycles. The summed E-state index contributed by atoms with van der Waals surface area (Å²) in [6, 6.07) is 6.97. The van der Waals surface area contributed by atoms with Gasteiger partial charge < -0.3 is 10.5 Å². The summed E-state index contributed by atoms with van der Waals surface area (Å²) in [6.45, 7) is 0. The van der Waals surface area contributed by atoms with Crippen molar-refractivity contribution < 1.29 is 4.74 Å². The molecule has 0 fully saturated rings. The van der Waals surface area contributed by atoms with Gasteiger partial charge in [0.1, 0.15) is 0 Å². The Morgan fingerprint density at radius 3 is 2.86 bits per heavy atom. The van der Waals surface area contributed by atoms with Gasteiger partial charge in [-0.15, -0.1) is 0 Å². The zero-order valence-electron chi connectivity index (χ0n) is 10.4. The number of nitrogen functional groups attached to an aromatic ring is 1. The molecule has 0 aliphatic heterocycles. The van der Waals surface area contributed by atoms with Crippen LogP contribution in [0.4, 0.5) is 5.95 Å². The average molecular weight is 368 g/mol. The zero-order valence-corrected chi connectivity index (χ0v) is 12.8. The normalized spacial score (nSPS) is 10.6. The molecule has 7 nitrogen and oxygen atoms in total. The van der Waals surface area contributed by atoms with Crippen molar-refractivity contribution >= 4 is 33.5 Å². The minimum atomic E-state index is 0.0246. The third kappa shape index (κ3) is 3.11. The van der Waals surface area contributed by atoms with Crippen molar-refractivity contribution in [1.82, 2.24) is 24.7 Å². The fourth-order valence-corrected chi connectivity index (χ4v) is 2.05. The summed E-state index contributed by atoms with van der Waals surface area (Å²) < 4.78 is 7.83. The molecule has 0 aliphatic carbocycles. The Morgan fingerprint density at radius 1 is 1.24 bits per heavy atom. The van der Waals surface area contributed by atoms with Gasteiger partial charge in [-0.05, 0) is 24.3 Å². The smallest absolute Gasteiger partial charge is 0.328 e. The van der Waals surface area contributed by atoms with Crippen molar-refractivity contribution in [2.24, 2.45) is 0 Å². The summed E-state index contributed by atoms with van der Waals surface area (Å²) in [5.41, 5.74) is 5.66. The third-order valence-electron chi connectivity index (χ3n) is 2.42. The molecule has 0 amide bonds. The minimum absolute atomic E-state index is 0.0246. The molecule has 0 saturated carbocycles. The second-order valence-electron chi connectivity index (χ2n) is 3.90. The number of aromatic nitrogens is 5. The molecule has 0 spiro atoms. The van der Waals surface area contributed by atoms with Crippen LogP contribution in [-0.4, -0.2) is 24.7 Å². The van der Waals surface area contributed by atoms with E-state index >= 15 is 0 Å². The first kappa shape index (κ1) is 13.8. The van der Waals surface area contributed by atoms with Crippen LogP contribution in [0.5, 0.6) is 11.8 Å². The standard InChI is InChI=1S/C12H8BrClN6O/c13-7-2-3-8(14)9(6-7)21-12-18-10(15)17-11(19-12)20-5-1-4-16-20/h1-6H,(H2,15,17,18,19). The molecule has 2 heterocycles. The molecular formula is C12H8BrClN6O. The van der Waals surface area contributed by atoms with Crippen molar-refractivity contribution in [3.63, 3.8) is 0 Å². The molecule has 106 valence electrons. The summed E-state index contributed by atoms with van der Waals surface area (Å²) >= 11 is 9.40. The number of rotatable bonds is 3. The van der Waals surface area contributed by atoms with Gasteiger partial charge in [0, 0.05) is 16.9 Å². The lowest BCUT2D eigenvalue weighted by Gasteiger charge is -2.08. The lowest BCUT2D eigenvalue weighted by molar-refractivity contribution is 0.438. The maximum Gasteiger partial charge on any atom is 0.328 e. The van der Waals surface area contributed by atoms with Crippen LogP contribution in [0.1, 0.15) is 0 Å². The number of anilines is 1. The van der Waals surface area contributed by atoms with E-state index in [0.29, 0.717) is 10.8 Å². The Labute approximate surface area is 132 Å². The van der Waals surface area contributed by atoms with E-state index in [1.165, 1.54) is 4.68 Å². The minimum Gasteiger partial charge on any atom is -0.422 e. The van der Waals surface area contributed by atoms with E-state index in [9.17, 15) is 0 Å². The molecule has 2 aromatic heterocycles. The highest BCUT2D eigenvalue weighted by molar-refractivity contribution is 9.10. The van der Waals surface area contributed by atoms with Crippen LogP contribution >= 0.6 is 27.5 Å². The van der Waals surface area contributed by atoms with Crippen LogP contribution in [-0.2, 0) is 0 Å². The van der Waals surface area contributed by atoms with Crippen molar-refractivity contribution in [1.29, 1.82) is 0 Å². The number of halogens is 2. The second-order valence-corrected chi connectivity index (χ2v) is 5.23. The molecule has 3 rings (SSSR count). The molecule has 0 bridgehead atoms. The lowest BCUT2D eigenvalue weighted by atomic mass is 10.3. The largest absolute Gasteiger partial charge is 0.422 e. The van der Waals surface area contributed by atoms with E-state index in [4.69, 9.17) is 22.1 Å². The first-order valence-corrected chi connectivity index (χ1v) is 6.93. The van der Waals surface area contributed by atoms with Crippen LogP contribution in [0.2, 0.25) is 5.02 Å². The van der Waals surface area contributed by atoms with Gasteiger partial charge in [0.2, 0.25) is 5.95 Å². The molecule has 0 aliphatic rings. The summed E-state index contributed by atoms with van der Waals surface area (Å²) in [5, 5.41) is 4.46. The molecule has 3 aromatic rings. The first-order valence-electron chi connectivity index (χ1n) is 5.76. The lowest BCUT2D eigenvalue weighted by Crippen LogP contribution is -2.08. The van der Waals surface area contributed by atoms with E-state index in [0.717, 1.165) is 4.47 Å². The predicted octanol–water partition coefficient (Wildman–Crippen LogP) is 2.85. The Balaban J connectivity index is 1.97. The SMILES string of the molecule is Nc1nc(Oc2cc(Br)ccc2Cl)nc(-n2cccn2)n1. The Morgan fingerprint density at radius 2 is 2.10 bits per heavy atom. The molecule has 9 heteroatoms. The molecule has 21 heavy (non-hydrogen) atoms. The number of nitrogens with zero attached hydrogens (tertiary/aromatic N) is 5. The van der Waals surface area contributed by atoms with Gasteiger partial charge in [-0.1, -0.05) is 27.5 Å². The Bertz CT molecular complexity index is 779. The van der Waals surface area contributed by atoms with Gasteiger partial charge in [-0.3, -0.25) is 0 Å². The maximum absolute atomic E-state index is 6.06. The predicted molar refractivity (Wildman–Crippen MR) is 80.6 cm³/mol. The number of benzene rings is 1. The fraction of sp³-hybridized carbons (Fsp3) is 0. The van der Waals surface area contributed by atoms with E-state index in [1.54, 1.807) is 36.7 Å². The fourth-order valence-electron chi connectivity index (χ4n) is 1.55. The van der Waals surface area contributed by atoms with Gasteiger partial charge >= 0.3 is 6.01 Å². The third-order valence-corrected chi connectivity index (χ3v) is 3.23. The summed E-state index contributed by atoms with van der Waals surface area (Å²) in [4.78, 5) is 12.1. The quantitative estimate of drug-likeness (QED) is 0.765. The van der Waals surface area contributed by atoms with E-state index in [-0.39, 0.29) is 17.9 Å². The summed E-state index contributed by atoms with van der Waals surface area (Å²) in [7, 11) is 0. The molecule has 0 saturated heterocycles. The van der Waals surface area contributed by atoms with Gasteiger partial charge in [-0.25, -0.2) is 4.68 Å². The van der Waals surface area contributed by atoms with Crippen molar-refractivity contribution in [2.45, 2.75) is 0 Å².